The normalized spacial score (nSPS) is 11.6. The van der Waals surface area contributed by atoms with Gasteiger partial charge in [-0.05, 0) is 70.3 Å². The average molecular weight is 734 g/mol. The predicted octanol–water partition coefficient (Wildman–Crippen LogP) is 14.1. The zero-order valence-electron chi connectivity index (χ0n) is 30.1. The van der Waals surface area contributed by atoms with Crippen LogP contribution in [0, 0.1) is 0 Å². The summed E-state index contributed by atoms with van der Waals surface area (Å²) in [7, 11) is 0. The van der Waals surface area contributed by atoms with E-state index in [1.807, 2.05) is 59.9 Å². The van der Waals surface area contributed by atoms with Crippen LogP contribution in [0.4, 0.5) is 0 Å². The molecule has 11 aromatic rings. The second-order valence-electron chi connectivity index (χ2n) is 13.9. The minimum Gasteiger partial charge on any atom is -0.456 e. The van der Waals surface area contributed by atoms with Gasteiger partial charge in [-0.15, -0.1) is 11.3 Å². The van der Waals surface area contributed by atoms with Gasteiger partial charge in [-0.1, -0.05) is 146 Å². The van der Waals surface area contributed by atoms with Gasteiger partial charge in [0.25, 0.3) is 0 Å². The Balaban J connectivity index is 1.24. The van der Waals surface area contributed by atoms with E-state index in [-0.39, 0.29) is 0 Å². The predicted molar refractivity (Wildman–Crippen MR) is 233 cm³/mol. The molecule has 4 nitrogen and oxygen atoms in total. The Kier molecular flexibility index (Phi) is 7.64. The maximum absolute atomic E-state index is 6.33. The van der Waals surface area contributed by atoms with Crippen LogP contribution in [0.5, 0.6) is 0 Å². The number of hydrogen-bond acceptors (Lipinski definition) is 5. The minimum atomic E-state index is 0.586. The Bertz CT molecular complexity index is 3240. The van der Waals surface area contributed by atoms with Gasteiger partial charge in [0, 0.05) is 53.2 Å². The Morgan fingerprint density at radius 2 is 0.929 bits per heavy atom. The van der Waals surface area contributed by atoms with Crippen molar-refractivity contribution in [2.24, 2.45) is 0 Å². The zero-order chi connectivity index (χ0) is 37.0. The van der Waals surface area contributed by atoms with Crippen LogP contribution in [0.3, 0.4) is 0 Å². The summed E-state index contributed by atoms with van der Waals surface area (Å²) in [6, 6.07) is 65.8. The zero-order valence-corrected chi connectivity index (χ0v) is 30.9. The number of thiophene rings is 1. The average Bonchev–Trinajstić information content (AvgIpc) is 3.85. The van der Waals surface area contributed by atoms with Gasteiger partial charge in [-0.2, -0.15) is 0 Å². The molecule has 11 rings (SSSR count). The van der Waals surface area contributed by atoms with E-state index in [9.17, 15) is 0 Å². The molecule has 0 N–H and O–H groups in total. The van der Waals surface area contributed by atoms with Crippen LogP contribution in [-0.2, 0) is 0 Å². The molecule has 0 radical (unpaired) electrons. The molecule has 0 spiro atoms. The molecule has 0 bridgehead atoms. The van der Waals surface area contributed by atoms with Crippen molar-refractivity contribution in [1.82, 2.24) is 15.0 Å². The van der Waals surface area contributed by atoms with Crippen molar-refractivity contribution in [3.05, 3.63) is 188 Å². The molecule has 0 saturated heterocycles. The summed E-state index contributed by atoms with van der Waals surface area (Å²) in [4.78, 5) is 15.9. The molecular weight excluding hydrogens is 703 g/mol. The first-order chi connectivity index (χ1) is 27.7. The molecule has 0 saturated carbocycles. The van der Waals surface area contributed by atoms with Crippen molar-refractivity contribution in [1.29, 1.82) is 0 Å². The molecule has 0 fully saturated rings. The maximum Gasteiger partial charge on any atom is 0.164 e. The Labute approximate surface area is 327 Å². The highest BCUT2D eigenvalue weighted by Crippen LogP contribution is 2.45. The smallest absolute Gasteiger partial charge is 0.164 e. The molecule has 262 valence electrons. The molecule has 0 aliphatic carbocycles. The van der Waals surface area contributed by atoms with E-state index >= 15 is 0 Å². The summed E-state index contributed by atoms with van der Waals surface area (Å²) < 4.78 is 8.89. The Morgan fingerprint density at radius 1 is 0.339 bits per heavy atom. The third-order valence-corrected chi connectivity index (χ3v) is 11.7. The SMILES string of the molecule is c1ccc(-c2cc(-c3ccc4sc5ccccc5c4c3)c(-c3ccccc3)c(-c3nc(-c4ccccc4)nc(-c4cccc5oc6ccccc6c45)n3)c2)cc1. The highest BCUT2D eigenvalue weighted by Gasteiger charge is 2.23. The van der Waals surface area contributed by atoms with Crippen molar-refractivity contribution >= 4 is 53.4 Å². The van der Waals surface area contributed by atoms with Gasteiger partial charge >= 0.3 is 0 Å². The lowest BCUT2D eigenvalue weighted by Crippen LogP contribution is -2.02. The fraction of sp³-hybridized carbons (Fsp3) is 0. The summed E-state index contributed by atoms with van der Waals surface area (Å²) in [5.41, 5.74) is 10.9. The fourth-order valence-corrected chi connectivity index (χ4v) is 9.03. The number of aromatic nitrogens is 3. The van der Waals surface area contributed by atoms with E-state index in [1.54, 1.807) is 0 Å². The first-order valence-corrected chi connectivity index (χ1v) is 19.5. The molecule has 0 unspecified atom stereocenters. The summed E-state index contributed by atoms with van der Waals surface area (Å²) in [6.45, 7) is 0. The molecule has 0 aliphatic rings. The van der Waals surface area contributed by atoms with E-state index in [2.05, 4.69) is 140 Å². The first-order valence-electron chi connectivity index (χ1n) is 18.7. The second-order valence-corrected chi connectivity index (χ2v) is 15.0. The van der Waals surface area contributed by atoms with Gasteiger partial charge in [-0.3, -0.25) is 0 Å². The van der Waals surface area contributed by atoms with Crippen LogP contribution in [0.2, 0.25) is 0 Å². The Morgan fingerprint density at radius 3 is 1.71 bits per heavy atom. The van der Waals surface area contributed by atoms with E-state index in [4.69, 9.17) is 19.4 Å². The van der Waals surface area contributed by atoms with E-state index < -0.39 is 0 Å². The van der Waals surface area contributed by atoms with Gasteiger partial charge in [-0.25, -0.2) is 15.0 Å². The molecular formula is C51H31N3OS. The molecule has 3 aromatic heterocycles. The number of furan rings is 1. The van der Waals surface area contributed by atoms with Crippen LogP contribution in [0.25, 0.3) is 110 Å². The third-order valence-electron chi connectivity index (χ3n) is 10.5. The lowest BCUT2D eigenvalue weighted by molar-refractivity contribution is 0.669. The molecule has 8 aromatic carbocycles. The quantitative estimate of drug-likeness (QED) is 0.171. The van der Waals surface area contributed by atoms with Crippen molar-refractivity contribution in [2.45, 2.75) is 0 Å². The highest BCUT2D eigenvalue weighted by molar-refractivity contribution is 7.25. The van der Waals surface area contributed by atoms with Crippen LogP contribution in [-0.4, -0.2) is 15.0 Å². The second kappa shape index (κ2) is 13.3. The van der Waals surface area contributed by atoms with Crippen LogP contribution in [0.15, 0.2) is 192 Å². The number of hydrogen-bond donors (Lipinski definition) is 0. The van der Waals surface area contributed by atoms with Crippen molar-refractivity contribution in [3.8, 4) is 67.5 Å². The largest absolute Gasteiger partial charge is 0.456 e. The molecule has 0 aliphatic heterocycles. The Hall–Kier alpha value is -7.21. The van der Waals surface area contributed by atoms with Crippen molar-refractivity contribution in [3.63, 3.8) is 0 Å². The molecule has 5 heteroatoms. The number of nitrogens with zero attached hydrogens (tertiary/aromatic N) is 3. The van der Waals surface area contributed by atoms with E-state index in [0.717, 1.165) is 72.0 Å². The lowest BCUT2D eigenvalue weighted by atomic mass is 9.86. The molecule has 56 heavy (non-hydrogen) atoms. The minimum absolute atomic E-state index is 0.586. The van der Waals surface area contributed by atoms with Gasteiger partial charge in [0.2, 0.25) is 0 Å². The van der Waals surface area contributed by atoms with Gasteiger partial charge < -0.3 is 4.42 Å². The van der Waals surface area contributed by atoms with Crippen LogP contribution < -0.4 is 0 Å². The van der Waals surface area contributed by atoms with Crippen LogP contribution in [0.1, 0.15) is 0 Å². The number of benzene rings is 8. The molecule has 0 atom stereocenters. The monoisotopic (exact) mass is 733 g/mol. The summed E-state index contributed by atoms with van der Waals surface area (Å²) in [6.07, 6.45) is 0. The number of rotatable bonds is 6. The molecule has 3 heterocycles. The van der Waals surface area contributed by atoms with E-state index in [0.29, 0.717) is 17.5 Å². The third kappa shape index (κ3) is 5.48. The summed E-state index contributed by atoms with van der Waals surface area (Å²) in [5.74, 6) is 1.79. The first kappa shape index (κ1) is 32.2. The highest BCUT2D eigenvalue weighted by atomic mass is 32.1. The van der Waals surface area contributed by atoms with Crippen molar-refractivity contribution in [2.75, 3.05) is 0 Å². The topological polar surface area (TPSA) is 51.8 Å². The number of para-hydroxylation sites is 1. The van der Waals surface area contributed by atoms with E-state index in [1.165, 1.54) is 20.2 Å². The van der Waals surface area contributed by atoms with Gasteiger partial charge in [0.05, 0.1) is 0 Å². The van der Waals surface area contributed by atoms with Crippen LogP contribution >= 0.6 is 11.3 Å². The van der Waals surface area contributed by atoms with Gasteiger partial charge in [0.1, 0.15) is 11.2 Å². The van der Waals surface area contributed by atoms with Crippen molar-refractivity contribution < 1.29 is 4.42 Å². The standard InChI is InChI=1S/C51H31N3OS/c1-4-15-32(16-5-1)36-30-40(35-27-28-46-41(29-35)37-21-11-13-26-45(37)56-46)47(33-17-6-2-7-18-33)42(31-36)51-53-49(34-19-8-3-9-20-34)52-50(54-51)39-23-14-25-44-48(39)38-22-10-12-24-43(38)55-44/h1-31H. The summed E-state index contributed by atoms with van der Waals surface area (Å²) >= 11 is 1.83. The fourth-order valence-electron chi connectivity index (χ4n) is 7.95. The number of fused-ring (bicyclic) bond motifs is 6. The lowest BCUT2D eigenvalue weighted by Gasteiger charge is -2.19. The summed E-state index contributed by atoms with van der Waals surface area (Å²) in [5, 5.41) is 4.53. The maximum atomic E-state index is 6.33. The van der Waals surface area contributed by atoms with Gasteiger partial charge in [0.15, 0.2) is 17.5 Å². The molecule has 0 amide bonds.